The molecule has 1 amide bonds. The number of hydrogen-bond acceptors (Lipinski definition) is 4. The average molecular weight is 394 g/mol. The van der Waals surface area contributed by atoms with Crippen LogP contribution in [0, 0.1) is 16.0 Å². The fourth-order valence-corrected chi connectivity index (χ4v) is 3.52. The Bertz CT molecular complexity index is 838. The number of nitrogens with zero attached hydrogens (tertiary/aromatic N) is 1. The van der Waals surface area contributed by atoms with Gasteiger partial charge in [-0.25, -0.2) is 0 Å². The summed E-state index contributed by atoms with van der Waals surface area (Å²) in [5.41, 5.74) is 1.42. The van der Waals surface area contributed by atoms with E-state index in [0.717, 1.165) is 24.7 Å². The molecule has 0 aromatic heterocycles. The summed E-state index contributed by atoms with van der Waals surface area (Å²) >= 11 is 0. The second-order valence-corrected chi connectivity index (χ2v) is 7.34. The van der Waals surface area contributed by atoms with Crippen molar-refractivity contribution in [2.75, 3.05) is 11.9 Å². The Morgan fingerprint density at radius 1 is 1.07 bits per heavy atom. The number of hydrogen-bond donors (Lipinski definition) is 1. The first-order chi connectivity index (χ1) is 14.1. The highest BCUT2D eigenvalue weighted by Crippen LogP contribution is 2.26. The molecule has 1 fully saturated rings. The Balaban J connectivity index is 1.43. The minimum Gasteiger partial charge on any atom is -0.494 e. The molecule has 152 valence electrons. The molecule has 1 N–H and O–H groups in total. The van der Waals surface area contributed by atoms with E-state index in [9.17, 15) is 14.9 Å². The molecule has 0 atom stereocenters. The van der Waals surface area contributed by atoms with Crippen LogP contribution in [0.3, 0.4) is 0 Å². The van der Waals surface area contributed by atoms with E-state index in [-0.39, 0.29) is 11.6 Å². The number of amides is 1. The minimum absolute atomic E-state index is 0.0210. The standard InChI is InChI=1S/C23H26N2O4/c26-23(15-8-19-6-11-21(12-7-19)25(27)28)24-20-9-13-22(14-10-20)29-17-16-18-4-2-1-3-5-18/h6-15,18H,1-5,16-17H2,(H,24,26)/b15-8+. The number of carbonyl (C=O) groups is 1. The Labute approximate surface area is 170 Å². The molecule has 0 heterocycles. The molecule has 6 nitrogen and oxygen atoms in total. The molecular weight excluding hydrogens is 368 g/mol. The molecule has 1 saturated carbocycles. The lowest BCUT2D eigenvalue weighted by atomic mass is 9.87. The zero-order valence-corrected chi connectivity index (χ0v) is 16.4. The fraction of sp³-hybridized carbons (Fsp3) is 0.348. The third-order valence-corrected chi connectivity index (χ3v) is 5.17. The van der Waals surface area contributed by atoms with Gasteiger partial charge in [-0.3, -0.25) is 14.9 Å². The molecule has 2 aromatic carbocycles. The Kier molecular flexibility index (Phi) is 7.39. The van der Waals surface area contributed by atoms with Crippen LogP contribution in [0.4, 0.5) is 11.4 Å². The van der Waals surface area contributed by atoms with E-state index in [4.69, 9.17) is 4.74 Å². The first kappa shape index (κ1) is 20.6. The van der Waals surface area contributed by atoms with Crippen molar-refractivity contribution in [2.24, 2.45) is 5.92 Å². The van der Waals surface area contributed by atoms with Crippen molar-refractivity contribution in [3.8, 4) is 5.75 Å². The minimum atomic E-state index is -0.455. The van der Waals surface area contributed by atoms with Gasteiger partial charge in [-0.05, 0) is 60.4 Å². The Morgan fingerprint density at radius 2 is 1.76 bits per heavy atom. The fourth-order valence-electron chi connectivity index (χ4n) is 3.52. The van der Waals surface area contributed by atoms with Crippen LogP contribution in [0.25, 0.3) is 6.08 Å². The van der Waals surface area contributed by atoms with Crippen LogP contribution in [0.15, 0.2) is 54.6 Å². The molecule has 0 bridgehead atoms. The zero-order valence-electron chi connectivity index (χ0n) is 16.4. The van der Waals surface area contributed by atoms with Crippen molar-refractivity contribution >= 4 is 23.4 Å². The maximum atomic E-state index is 12.1. The number of ether oxygens (including phenoxy) is 1. The average Bonchev–Trinajstić information content (AvgIpc) is 2.74. The second kappa shape index (κ2) is 10.4. The summed E-state index contributed by atoms with van der Waals surface area (Å²) in [6.45, 7) is 0.731. The lowest BCUT2D eigenvalue weighted by molar-refractivity contribution is -0.384. The lowest BCUT2D eigenvalue weighted by Gasteiger charge is -2.21. The van der Waals surface area contributed by atoms with E-state index in [1.165, 1.54) is 50.3 Å². The van der Waals surface area contributed by atoms with Gasteiger partial charge in [0.1, 0.15) is 5.75 Å². The van der Waals surface area contributed by atoms with Crippen molar-refractivity contribution in [3.05, 3.63) is 70.3 Å². The van der Waals surface area contributed by atoms with Crippen LogP contribution in [-0.2, 0) is 4.79 Å². The molecule has 0 saturated heterocycles. The number of rotatable bonds is 8. The van der Waals surface area contributed by atoms with Crippen molar-refractivity contribution in [3.63, 3.8) is 0 Å². The Hall–Kier alpha value is -3.15. The van der Waals surface area contributed by atoms with Gasteiger partial charge in [-0.1, -0.05) is 32.1 Å². The molecule has 29 heavy (non-hydrogen) atoms. The molecule has 3 rings (SSSR count). The highest BCUT2D eigenvalue weighted by atomic mass is 16.6. The van der Waals surface area contributed by atoms with Crippen LogP contribution < -0.4 is 10.1 Å². The van der Waals surface area contributed by atoms with Gasteiger partial charge in [-0.2, -0.15) is 0 Å². The molecule has 0 aliphatic heterocycles. The van der Waals surface area contributed by atoms with Crippen molar-refractivity contribution in [1.29, 1.82) is 0 Å². The summed E-state index contributed by atoms with van der Waals surface area (Å²) in [6.07, 6.45) is 10.8. The van der Waals surface area contributed by atoms with Crippen molar-refractivity contribution in [1.82, 2.24) is 0 Å². The highest BCUT2D eigenvalue weighted by molar-refractivity contribution is 6.01. The Morgan fingerprint density at radius 3 is 2.41 bits per heavy atom. The summed E-state index contributed by atoms with van der Waals surface area (Å²) in [5, 5.41) is 13.4. The van der Waals surface area contributed by atoms with E-state index in [2.05, 4.69) is 5.32 Å². The van der Waals surface area contributed by atoms with E-state index in [0.29, 0.717) is 11.3 Å². The lowest BCUT2D eigenvalue weighted by Crippen LogP contribution is -2.11. The summed E-state index contributed by atoms with van der Waals surface area (Å²) < 4.78 is 5.83. The summed E-state index contributed by atoms with van der Waals surface area (Å²) in [4.78, 5) is 22.3. The first-order valence-electron chi connectivity index (χ1n) is 10.1. The third kappa shape index (κ3) is 6.75. The SMILES string of the molecule is O=C(/C=C/c1ccc([N+](=O)[O-])cc1)Nc1ccc(OCCC2CCCCC2)cc1. The van der Waals surface area contributed by atoms with E-state index in [1.807, 2.05) is 24.3 Å². The van der Waals surface area contributed by atoms with Crippen molar-refractivity contribution in [2.45, 2.75) is 38.5 Å². The van der Waals surface area contributed by atoms with Gasteiger partial charge in [0, 0.05) is 23.9 Å². The van der Waals surface area contributed by atoms with Gasteiger partial charge in [0.15, 0.2) is 0 Å². The smallest absolute Gasteiger partial charge is 0.269 e. The first-order valence-corrected chi connectivity index (χ1v) is 10.1. The quantitative estimate of drug-likeness (QED) is 0.359. The number of nitro groups is 1. The maximum absolute atomic E-state index is 12.1. The topological polar surface area (TPSA) is 81.5 Å². The van der Waals surface area contributed by atoms with Crippen LogP contribution in [0.2, 0.25) is 0 Å². The molecule has 6 heteroatoms. The summed E-state index contributed by atoms with van der Waals surface area (Å²) in [5.74, 6) is 1.33. The van der Waals surface area contributed by atoms with Gasteiger partial charge in [0.25, 0.3) is 5.69 Å². The van der Waals surface area contributed by atoms with Crippen LogP contribution in [0.5, 0.6) is 5.75 Å². The number of nitrogens with one attached hydrogen (secondary N) is 1. The predicted molar refractivity (Wildman–Crippen MR) is 114 cm³/mol. The second-order valence-electron chi connectivity index (χ2n) is 7.34. The molecule has 0 spiro atoms. The molecule has 0 unspecified atom stereocenters. The molecular formula is C23H26N2O4. The van der Waals surface area contributed by atoms with Gasteiger partial charge in [-0.15, -0.1) is 0 Å². The van der Waals surface area contributed by atoms with Gasteiger partial charge >= 0.3 is 0 Å². The largest absolute Gasteiger partial charge is 0.494 e. The van der Waals surface area contributed by atoms with Gasteiger partial charge in [0.2, 0.25) is 5.91 Å². The third-order valence-electron chi connectivity index (χ3n) is 5.17. The summed E-state index contributed by atoms with van der Waals surface area (Å²) in [6, 6.07) is 13.4. The highest BCUT2D eigenvalue weighted by Gasteiger charge is 2.13. The summed E-state index contributed by atoms with van der Waals surface area (Å²) in [7, 11) is 0. The normalized spacial score (nSPS) is 14.6. The van der Waals surface area contributed by atoms with Crippen LogP contribution in [-0.4, -0.2) is 17.4 Å². The zero-order chi connectivity index (χ0) is 20.5. The number of benzene rings is 2. The molecule has 1 aliphatic rings. The van der Waals surface area contributed by atoms with E-state index in [1.54, 1.807) is 18.2 Å². The number of non-ortho nitro benzene ring substituents is 1. The predicted octanol–water partition coefficient (Wildman–Crippen LogP) is 5.60. The van der Waals surface area contributed by atoms with Crippen LogP contribution in [0.1, 0.15) is 44.1 Å². The number of anilines is 1. The van der Waals surface area contributed by atoms with E-state index < -0.39 is 4.92 Å². The van der Waals surface area contributed by atoms with Crippen molar-refractivity contribution < 1.29 is 14.5 Å². The molecule has 0 radical (unpaired) electrons. The van der Waals surface area contributed by atoms with Gasteiger partial charge in [0.05, 0.1) is 11.5 Å². The monoisotopic (exact) mass is 394 g/mol. The van der Waals surface area contributed by atoms with E-state index >= 15 is 0 Å². The number of carbonyl (C=O) groups excluding carboxylic acids is 1. The molecule has 2 aromatic rings. The van der Waals surface area contributed by atoms with Gasteiger partial charge < -0.3 is 10.1 Å². The van der Waals surface area contributed by atoms with Crippen LogP contribution >= 0.6 is 0 Å². The maximum Gasteiger partial charge on any atom is 0.269 e. The number of nitro benzene ring substituents is 1. The molecule has 1 aliphatic carbocycles.